The van der Waals surface area contributed by atoms with Crippen molar-refractivity contribution in [2.75, 3.05) is 0 Å². The molecular formula is C15H18F2O2S. The standard InChI is InChI=1S/C15H18F2O2S/c16-14(17)10-4-6-11(7-5-10)15(18)8-12-2-1-3-13(9-15)20(12)19/h4-7,12-14,18H,1-3,8-9H2. The van der Waals surface area contributed by atoms with Gasteiger partial charge in [-0.25, -0.2) is 8.78 Å². The largest absolute Gasteiger partial charge is 0.385 e. The summed E-state index contributed by atoms with van der Waals surface area (Å²) in [5, 5.41) is 11.0. The molecular weight excluding hydrogens is 282 g/mol. The van der Waals surface area contributed by atoms with E-state index in [1.54, 1.807) is 12.1 Å². The molecule has 1 aromatic rings. The van der Waals surface area contributed by atoms with E-state index in [1.165, 1.54) is 12.1 Å². The minimum absolute atomic E-state index is 0.0306. The van der Waals surface area contributed by atoms with Crippen molar-refractivity contribution in [3.05, 3.63) is 35.4 Å². The van der Waals surface area contributed by atoms with Gasteiger partial charge in [0.1, 0.15) is 0 Å². The first kappa shape index (κ1) is 14.1. The fourth-order valence-electron chi connectivity index (χ4n) is 3.46. The van der Waals surface area contributed by atoms with Gasteiger partial charge in [0.15, 0.2) is 0 Å². The molecule has 2 nitrogen and oxygen atoms in total. The zero-order valence-electron chi connectivity index (χ0n) is 11.1. The van der Waals surface area contributed by atoms with Crippen LogP contribution in [0.4, 0.5) is 8.78 Å². The Balaban J connectivity index is 1.87. The molecule has 2 unspecified atom stereocenters. The first-order chi connectivity index (χ1) is 9.49. The molecule has 2 saturated heterocycles. The molecule has 0 amide bonds. The minimum Gasteiger partial charge on any atom is -0.385 e. The van der Waals surface area contributed by atoms with E-state index in [1.807, 2.05) is 0 Å². The van der Waals surface area contributed by atoms with Crippen LogP contribution in [0.25, 0.3) is 0 Å². The zero-order chi connectivity index (χ0) is 14.3. The van der Waals surface area contributed by atoms with Crippen LogP contribution < -0.4 is 0 Å². The van der Waals surface area contributed by atoms with Gasteiger partial charge in [0.25, 0.3) is 6.43 Å². The van der Waals surface area contributed by atoms with Crippen LogP contribution in [-0.2, 0) is 16.4 Å². The van der Waals surface area contributed by atoms with E-state index in [0.717, 1.165) is 19.3 Å². The summed E-state index contributed by atoms with van der Waals surface area (Å²) in [6, 6.07) is 5.93. The lowest BCUT2D eigenvalue weighted by atomic mass is 9.80. The van der Waals surface area contributed by atoms with Crippen LogP contribution in [0.3, 0.4) is 0 Å². The van der Waals surface area contributed by atoms with Crippen LogP contribution in [0.5, 0.6) is 0 Å². The summed E-state index contributed by atoms with van der Waals surface area (Å²) in [5.74, 6) is 0. The Kier molecular flexibility index (Phi) is 3.67. The second-order valence-corrected chi connectivity index (χ2v) is 7.86. The SMILES string of the molecule is O=S1C2CCCC1CC(O)(c1ccc(C(F)F)cc1)C2. The maximum Gasteiger partial charge on any atom is 0.263 e. The quantitative estimate of drug-likeness (QED) is 0.910. The first-order valence-corrected chi connectivity index (χ1v) is 8.27. The molecule has 2 fully saturated rings. The normalized spacial score (nSPS) is 37.1. The summed E-state index contributed by atoms with van der Waals surface area (Å²) in [7, 11) is -0.848. The molecule has 2 bridgehead atoms. The molecule has 0 aliphatic carbocycles. The van der Waals surface area contributed by atoms with Gasteiger partial charge >= 0.3 is 0 Å². The van der Waals surface area contributed by atoms with Crippen molar-refractivity contribution >= 4 is 10.8 Å². The highest BCUT2D eigenvalue weighted by Gasteiger charge is 2.46. The third-order valence-corrected chi connectivity index (χ3v) is 6.66. The Morgan fingerprint density at radius 1 is 1.15 bits per heavy atom. The van der Waals surface area contributed by atoms with Crippen molar-refractivity contribution in [3.63, 3.8) is 0 Å². The minimum atomic E-state index is -2.49. The van der Waals surface area contributed by atoms with Crippen molar-refractivity contribution in [2.45, 2.75) is 54.6 Å². The molecule has 20 heavy (non-hydrogen) atoms. The summed E-state index contributed by atoms with van der Waals surface area (Å²) in [6.45, 7) is 0. The van der Waals surface area contributed by atoms with Gasteiger partial charge in [-0.1, -0.05) is 30.7 Å². The van der Waals surface area contributed by atoms with Gasteiger partial charge in [0.2, 0.25) is 0 Å². The Hall–Kier alpha value is -0.810. The average Bonchev–Trinajstić information content (AvgIpc) is 2.41. The van der Waals surface area contributed by atoms with E-state index in [2.05, 4.69) is 0 Å². The van der Waals surface area contributed by atoms with Crippen LogP contribution in [0.2, 0.25) is 0 Å². The van der Waals surface area contributed by atoms with Crippen molar-refractivity contribution < 1.29 is 18.1 Å². The van der Waals surface area contributed by atoms with Crippen LogP contribution >= 0.6 is 0 Å². The number of hydrogen-bond acceptors (Lipinski definition) is 2. The number of alkyl halides is 2. The maximum absolute atomic E-state index is 12.6. The van der Waals surface area contributed by atoms with Crippen molar-refractivity contribution in [1.82, 2.24) is 0 Å². The maximum atomic E-state index is 12.6. The lowest BCUT2D eigenvalue weighted by molar-refractivity contribution is 0.00645. The van der Waals surface area contributed by atoms with Gasteiger partial charge in [-0.3, -0.25) is 4.21 Å². The number of aliphatic hydroxyl groups is 1. The molecule has 0 saturated carbocycles. The highest BCUT2D eigenvalue weighted by atomic mass is 32.2. The fourth-order valence-corrected chi connectivity index (χ4v) is 5.68. The Labute approximate surface area is 119 Å². The van der Waals surface area contributed by atoms with E-state index in [-0.39, 0.29) is 16.1 Å². The highest BCUT2D eigenvalue weighted by molar-refractivity contribution is 7.86. The zero-order valence-corrected chi connectivity index (χ0v) is 11.9. The van der Waals surface area contributed by atoms with Gasteiger partial charge < -0.3 is 5.11 Å². The Morgan fingerprint density at radius 3 is 2.20 bits per heavy atom. The van der Waals surface area contributed by atoms with Gasteiger partial charge in [-0.15, -0.1) is 0 Å². The molecule has 0 aromatic heterocycles. The Bertz CT molecular complexity index is 499. The molecule has 1 aromatic carbocycles. The van der Waals surface area contributed by atoms with Crippen molar-refractivity contribution in [1.29, 1.82) is 0 Å². The van der Waals surface area contributed by atoms with Gasteiger partial charge in [0.05, 0.1) is 5.60 Å². The molecule has 0 radical (unpaired) electrons. The molecule has 2 aliphatic rings. The number of fused-ring (bicyclic) bond motifs is 2. The average molecular weight is 300 g/mol. The van der Waals surface area contributed by atoms with E-state index in [9.17, 15) is 18.1 Å². The van der Waals surface area contributed by atoms with E-state index in [0.29, 0.717) is 18.4 Å². The number of hydrogen-bond donors (Lipinski definition) is 1. The molecule has 1 N–H and O–H groups in total. The van der Waals surface area contributed by atoms with Gasteiger partial charge in [-0.2, -0.15) is 0 Å². The lowest BCUT2D eigenvalue weighted by Crippen LogP contribution is -2.47. The molecule has 2 atom stereocenters. The highest BCUT2D eigenvalue weighted by Crippen LogP contribution is 2.44. The molecule has 3 rings (SSSR count). The summed E-state index contributed by atoms with van der Waals surface area (Å²) in [6.07, 6.45) is 1.31. The van der Waals surface area contributed by atoms with Gasteiger partial charge in [-0.05, 0) is 31.2 Å². The van der Waals surface area contributed by atoms with Crippen LogP contribution in [0, 0.1) is 0 Å². The summed E-state index contributed by atoms with van der Waals surface area (Å²) < 4.78 is 37.3. The first-order valence-electron chi connectivity index (χ1n) is 7.00. The second kappa shape index (κ2) is 5.19. The predicted octanol–water partition coefficient (Wildman–Crippen LogP) is 3.28. The molecule has 0 spiro atoms. The molecule has 2 aliphatic heterocycles. The smallest absolute Gasteiger partial charge is 0.263 e. The number of halogens is 2. The summed E-state index contributed by atoms with van der Waals surface area (Å²) in [5.41, 5.74) is -0.364. The number of benzene rings is 1. The van der Waals surface area contributed by atoms with Crippen LogP contribution in [-0.4, -0.2) is 19.8 Å². The van der Waals surface area contributed by atoms with E-state index in [4.69, 9.17) is 0 Å². The van der Waals surface area contributed by atoms with Crippen molar-refractivity contribution in [3.8, 4) is 0 Å². The molecule has 5 heteroatoms. The van der Waals surface area contributed by atoms with Crippen LogP contribution in [0.15, 0.2) is 24.3 Å². The number of rotatable bonds is 2. The van der Waals surface area contributed by atoms with E-state index < -0.39 is 22.8 Å². The van der Waals surface area contributed by atoms with Crippen molar-refractivity contribution in [2.24, 2.45) is 0 Å². The van der Waals surface area contributed by atoms with E-state index >= 15 is 0 Å². The van der Waals surface area contributed by atoms with Crippen LogP contribution in [0.1, 0.15) is 49.7 Å². The second-order valence-electron chi connectivity index (χ2n) is 5.87. The Morgan fingerprint density at radius 2 is 1.70 bits per heavy atom. The molecule has 2 heterocycles. The molecule has 110 valence electrons. The summed E-state index contributed by atoms with van der Waals surface area (Å²) >= 11 is 0. The summed E-state index contributed by atoms with van der Waals surface area (Å²) in [4.78, 5) is 0. The monoisotopic (exact) mass is 300 g/mol. The third-order valence-electron chi connectivity index (χ3n) is 4.54. The van der Waals surface area contributed by atoms with Gasteiger partial charge in [0, 0.05) is 26.9 Å². The fraction of sp³-hybridized carbons (Fsp3) is 0.600. The third kappa shape index (κ3) is 2.42. The lowest BCUT2D eigenvalue weighted by Gasteiger charge is -2.43. The topological polar surface area (TPSA) is 37.3 Å². The predicted molar refractivity (Wildman–Crippen MR) is 74.1 cm³/mol.